The Morgan fingerprint density at radius 3 is 1.06 bits per heavy atom. The van der Waals surface area contributed by atoms with Crippen molar-refractivity contribution in [2.75, 3.05) is 92.8 Å². The molecule has 15 unspecified atom stereocenters. The number of carbonyl (C=O) groups excluding carboxylic acids is 11. The molecule has 17 atom stereocenters. The molecule has 3 amide bonds. The number of ketones is 8. The van der Waals surface area contributed by atoms with E-state index in [9.17, 15) is 104 Å². The predicted molar refractivity (Wildman–Crippen MR) is 421 cm³/mol. The van der Waals surface area contributed by atoms with Gasteiger partial charge < -0.3 is 99.8 Å². The van der Waals surface area contributed by atoms with Gasteiger partial charge in [0.2, 0.25) is 17.7 Å². The zero-order valence-electron chi connectivity index (χ0n) is 69.1. The first kappa shape index (κ1) is 102. The molecule has 0 bridgehead atoms. The third-order valence-corrected chi connectivity index (χ3v) is 22.9. The maximum atomic E-state index is 14.2. The van der Waals surface area contributed by atoms with Gasteiger partial charge >= 0.3 is 0 Å². The first-order valence-electron chi connectivity index (χ1n) is 42.8. The van der Waals surface area contributed by atoms with E-state index in [-0.39, 0.29) is 245 Å². The monoisotopic (exact) mass is 1640 g/mol. The van der Waals surface area contributed by atoms with Gasteiger partial charge in [-0.3, -0.25) is 52.7 Å². The minimum Gasteiger partial charge on any atom is -0.394 e. The van der Waals surface area contributed by atoms with Gasteiger partial charge in [0.15, 0.2) is 0 Å². The van der Waals surface area contributed by atoms with E-state index in [1.807, 2.05) is 0 Å². The number of likely N-dealkylation sites (tertiary alicyclic amines) is 1. The van der Waals surface area contributed by atoms with Gasteiger partial charge in [-0.05, 0) is 70.6 Å². The molecule has 0 aromatic rings. The number of ether oxygens (including phenoxy) is 7. The zero-order valence-corrected chi connectivity index (χ0v) is 69.1. The van der Waals surface area contributed by atoms with Crippen molar-refractivity contribution < 1.29 is 137 Å². The van der Waals surface area contributed by atoms with E-state index >= 15 is 0 Å². The van der Waals surface area contributed by atoms with Gasteiger partial charge in [0.05, 0.1) is 115 Å². The molecule has 4 aliphatic heterocycles. The number of aliphatic hydroxyl groups is 10. The summed E-state index contributed by atoms with van der Waals surface area (Å²) in [7, 11) is 1.58. The highest BCUT2D eigenvalue weighted by atomic mass is 16.5. The number of unbranched alkanes of at least 4 members (excludes halogenated alkanes) is 11. The lowest BCUT2D eigenvalue weighted by molar-refractivity contribution is -0.206. The Bertz CT molecular complexity index is 2630. The molecule has 31 heteroatoms. The Morgan fingerprint density at radius 2 is 0.678 bits per heavy atom. The Hall–Kier alpha value is -4.91. The molecular formula is C84H143N3O28. The fourth-order valence-electron chi connectivity index (χ4n) is 15.5. The lowest BCUT2D eigenvalue weighted by Crippen LogP contribution is -2.55. The van der Waals surface area contributed by atoms with Gasteiger partial charge in [-0.1, -0.05) is 72.1 Å². The SMILES string of the molecule is COC[C@@H]1C[C@@H](O)CN1C(=O)CCCCCCCCCCC(=O)CC(COCCC(=O)CCCCCC(=O)CCCC(=O)CC1OC(CO)C(O)C(O)C1C)(COCCC(=O)CCCCCC(=O)CCCC(=O)CC1OC(CO)C(O)C(O)C1C)COCCC(=O)NCCCNC(=O)CCCC(=O)CC1OC(CO)C(O)C(O)C1C. The smallest absolute Gasteiger partial charge is 0.222 e. The van der Waals surface area contributed by atoms with Crippen molar-refractivity contribution in [3.8, 4) is 0 Å². The van der Waals surface area contributed by atoms with Crippen LogP contribution in [0.3, 0.4) is 0 Å². The maximum Gasteiger partial charge on any atom is 0.222 e. The van der Waals surface area contributed by atoms with E-state index in [1.165, 1.54) is 0 Å². The summed E-state index contributed by atoms with van der Waals surface area (Å²) in [4.78, 5) is 145. The molecule has 31 nitrogen and oxygen atoms in total. The first-order chi connectivity index (χ1) is 55.0. The number of β-amino-alcohol motifs (C(OH)–C–C–N with tert-alkyl or cyclic N) is 1. The van der Waals surface area contributed by atoms with Crippen LogP contribution in [0.1, 0.15) is 265 Å². The second kappa shape index (κ2) is 58.1. The maximum absolute atomic E-state index is 14.2. The number of nitrogens with one attached hydrogen (secondary N) is 2. The number of nitrogens with zero attached hydrogens (tertiary/aromatic N) is 1. The molecule has 4 fully saturated rings. The quantitative estimate of drug-likeness (QED) is 0.0380. The molecule has 4 rings (SSSR count). The number of aliphatic hydroxyl groups excluding tert-OH is 10. The molecule has 0 saturated carbocycles. The van der Waals surface area contributed by atoms with Crippen LogP contribution in [0.2, 0.25) is 0 Å². The predicted octanol–water partition coefficient (Wildman–Crippen LogP) is 4.20. The van der Waals surface area contributed by atoms with Crippen LogP contribution >= 0.6 is 0 Å². The van der Waals surface area contributed by atoms with Crippen LogP contribution in [0, 0.1) is 23.2 Å². The topological polar surface area (TPSA) is 482 Å². The molecule has 4 saturated heterocycles. The Labute approximate surface area is 679 Å². The van der Waals surface area contributed by atoms with Crippen molar-refractivity contribution in [3.63, 3.8) is 0 Å². The fourth-order valence-corrected chi connectivity index (χ4v) is 15.5. The largest absolute Gasteiger partial charge is 0.394 e. The summed E-state index contributed by atoms with van der Waals surface area (Å²) in [6.07, 6.45) is 1.73. The average molecular weight is 1640 g/mol. The highest BCUT2D eigenvalue weighted by molar-refractivity contribution is 5.84. The molecule has 662 valence electrons. The molecule has 0 aliphatic carbocycles. The summed E-state index contributed by atoms with van der Waals surface area (Å²) < 4.78 is 41.0. The molecule has 12 N–H and O–H groups in total. The minimum atomic E-state index is -1.27. The lowest BCUT2D eigenvalue weighted by atomic mass is 9.83. The standard InChI is InChI=1S/C84H143N3O28/c1-56-69(113-72(49-88)81(106)78(56)103)44-64(95)30-19-28-60(91)23-14-11-16-25-62(93)35-40-110-53-84(47-67(98)27-13-9-7-5-6-8-10-18-34-77(102)87-48-68(99)43-59(87)52-109-4,54-111-41-36-63(94)26-17-12-15-24-61(92)29-20-31-65(96)45-70-57(2)79(104)82(107)73(50-89)114-70)55-112-42-37-76(101)86-39-22-38-85-75(100)33-21-32-66(97)46-71-58(3)80(105)83(108)74(51-90)115-71/h56-59,68-74,78-83,88-90,99,103-108H,5-55H2,1-4H3,(H,85,100)(H,86,101)/t56?,57?,58?,59-,68+,69?,70?,71?,72?,73?,74?,78?,79?,80?,81?,82?,83?,84?/m0/s1. The van der Waals surface area contributed by atoms with Gasteiger partial charge in [0, 0.05) is 172 Å². The normalized spacial score (nSPS) is 26.1. The van der Waals surface area contributed by atoms with Crippen molar-refractivity contribution in [3.05, 3.63) is 0 Å². The number of carbonyl (C=O) groups is 11. The number of amides is 3. The molecule has 4 aliphatic rings. The van der Waals surface area contributed by atoms with Gasteiger partial charge in [-0.2, -0.15) is 0 Å². The molecule has 0 radical (unpaired) electrons. The number of methoxy groups -OCH3 is 1. The Kier molecular flexibility index (Phi) is 51.8. The van der Waals surface area contributed by atoms with E-state index in [2.05, 4.69) is 10.6 Å². The van der Waals surface area contributed by atoms with E-state index in [0.717, 1.165) is 44.9 Å². The van der Waals surface area contributed by atoms with E-state index in [1.54, 1.807) is 32.8 Å². The molecule has 0 aromatic heterocycles. The van der Waals surface area contributed by atoms with Crippen LogP contribution in [0.5, 0.6) is 0 Å². The van der Waals surface area contributed by atoms with Crippen LogP contribution in [-0.2, 0) is 85.9 Å². The summed E-state index contributed by atoms with van der Waals surface area (Å²) in [5.74, 6) is -2.91. The highest BCUT2D eigenvalue weighted by Crippen LogP contribution is 2.33. The van der Waals surface area contributed by atoms with Gasteiger partial charge in [0.25, 0.3) is 0 Å². The van der Waals surface area contributed by atoms with E-state index < -0.39 is 122 Å². The van der Waals surface area contributed by atoms with Gasteiger partial charge in [-0.15, -0.1) is 0 Å². The Balaban J connectivity index is 1.29. The number of hydrogen-bond donors (Lipinski definition) is 12. The molecule has 115 heavy (non-hydrogen) atoms. The van der Waals surface area contributed by atoms with E-state index in [0.29, 0.717) is 90.2 Å². The summed E-state index contributed by atoms with van der Waals surface area (Å²) in [5, 5.41) is 106. The van der Waals surface area contributed by atoms with Crippen molar-refractivity contribution in [2.24, 2.45) is 23.2 Å². The first-order valence-corrected chi connectivity index (χ1v) is 42.8. The molecule has 0 spiro atoms. The zero-order chi connectivity index (χ0) is 84.7. The number of Topliss-reactive ketones (excluding diaryl/α,β-unsaturated/α-hetero) is 8. The second-order valence-electron chi connectivity index (χ2n) is 32.8. The molecule has 0 aromatic carbocycles. The minimum absolute atomic E-state index is 0.00659. The average Bonchev–Trinajstić information content (AvgIpc) is 1.73. The van der Waals surface area contributed by atoms with Gasteiger partial charge in [0.1, 0.15) is 82.9 Å². The lowest BCUT2D eigenvalue weighted by Gasteiger charge is -2.41. The highest BCUT2D eigenvalue weighted by Gasteiger charge is 2.45. The summed E-state index contributed by atoms with van der Waals surface area (Å²) >= 11 is 0. The summed E-state index contributed by atoms with van der Waals surface area (Å²) in [6.45, 7) is 4.37. The summed E-state index contributed by atoms with van der Waals surface area (Å²) in [6, 6.07) is -0.114. The van der Waals surface area contributed by atoms with Crippen LogP contribution in [0.15, 0.2) is 0 Å². The number of rotatable bonds is 67. The van der Waals surface area contributed by atoms with Crippen molar-refractivity contribution >= 4 is 64.0 Å². The van der Waals surface area contributed by atoms with Crippen LogP contribution < -0.4 is 10.6 Å². The van der Waals surface area contributed by atoms with Crippen molar-refractivity contribution in [1.82, 2.24) is 15.5 Å². The fraction of sp³-hybridized carbons (Fsp3) is 0.869. The number of hydrogen-bond acceptors (Lipinski definition) is 28. The second-order valence-corrected chi connectivity index (χ2v) is 32.8. The Morgan fingerprint density at radius 1 is 0.365 bits per heavy atom. The van der Waals surface area contributed by atoms with E-state index in [4.69, 9.17) is 33.2 Å². The third-order valence-electron chi connectivity index (χ3n) is 22.9. The van der Waals surface area contributed by atoms with Crippen LogP contribution in [-0.4, -0.2) is 298 Å². The molecule has 4 heterocycles. The van der Waals surface area contributed by atoms with Crippen molar-refractivity contribution in [2.45, 2.75) is 350 Å². The van der Waals surface area contributed by atoms with Crippen LogP contribution in [0.4, 0.5) is 0 Å². The van der Waals surface area contributed by atoms with Crippen LogP contribution in [0.25, 0.3) is 0 Å². The van der Waals surface area contributed by atoms with Crippen molar-refractivity contribution in [1.29, 1.82) is 0 Å². The van der Waals surface area contributed by atoms with Gasteiger partial charge in [-0.25, -0.2) is 0 Å². The molecular weight excluding hydrogens is 1500 g/mol. The summed E-state index contributed by atoms with van der Waals surface area (Å²) in [5.41, 5.74) is -1.12. The third kappa shape index (κ3) is 40.3.